The average molecular weight is 309 g/mol. The van der Waals surface area contributed by atoms with Crippen molar-refractivity contribution in [2.45, 2.75) is 19.9 Å². The number of hydrogen-bond acceptors (Lipinski definition) is 4. The normalized spacial score (nSPS) is 18.9. The van der Waals surface area contributed by atoms with Crippen LogP contribution in [0.15, 0.2) is 33.5 Å². The number of halogens is 1. The van der Waals surface area contributed by atoms with Crippen molar-refractivity contribution in [3.05, 3.63) is 45.8 Å². The second-order valence-electron chi connectivity index (χ2n) is 5.72. The largest absolute Gasteiger partial charge is 0.423 e. The van der Waals surface area contributed by atoms with Gasteiger partial charge in [-0.2, -0.15) is 0 Å². The van der Waals surface area contributed by atoms with E-state index in [-0.39, 0.29) is 18.0 Å². The zero-order valence-electron chi connectivity index (χ0n) is 12.2. The van der Waals surface area contributed by atoms with E-state index in [1.54, 1.807) is 6.07 Å². The summed E-state index contributed by atoms with van der Waals surface area (Å²) in [5.41, 5.74) is 8.29. The fraction of sp³-hybridized carbons (Fsp3) is 0.438. The number of rotatable bonds is 3. The summed E-state index contributed by atoms with van der Waals surface area (Å²) in [6, 6.07) is 7.64. The van der Waals surface area contributed by atoms with E-state index in [4.69, 9.17) is 10.2 Å². The standard InChI is InChI=1S/C16H20N2O2.ClH/c1-11-2-3-14-13(7-16(19)20-15(14)6-11)10-18-5-4-12(8-17)9-18;/h2-3,6-7,12H,4-5,8-10,17H2,1H3;1H. The van der Waals surface area contributed by atoms with Crippen LogP contribution in [0.1, 0.15) is 17.5 Å². The molecule has 1 fully saturated rings. The predicted octanol–water partition coefficient (Wildman–Crippen LogP) is 2.30. The first-order chi connectivity index (χ1) is 9.65. The van der Waals surface area contributed by atoms with Crippen molar-refractivity contribution in [1.29, 1.82) is 0 Å². The van der Waals surface area contributed by atoms with Crippen LogP contribution in [0.5, 0.6) is 0 Å². The fourth-order valence-electron chi connectivity index (χ4n) is 2.96. The second-order valence-corrected chi connectivity index (χ2v) is 5.72. The van der Waals surface area contributed by atoms with E-state index in [2.05, 4.69) is 11.0 Å². The van der Waals surface area contributed by atoms with E-state index >= 15 is 0 Å². The van der Waals surface area contributed by atoms with E-state index in [0.29, 0.717) is 11.5 Å². The maximum atomic E-state index is 11.7. The molecule has 2 N–H and O–H groups in total. The van der Waals surface area contributed by atoms with Gasteiger partial charge < -0.3 is 10.2 Å². The Labute approximate surface area is 130 Å². The first-order valence-corrected chi connectivity index (χ1v) is 7.11. The summed E-state index contributed by atoms with van der Waals surface area (Å²) >= 11 is 0. The quantitative estimate of drug-likeness (QED) is 0.884. The molecule has 1 aromatic carbocycles. The molecule has 0 bridgehead atoms. The fourth-order valence-corrected chi connectivity index (χ4v) is 2.96. The van der Waals surface area contributed by atoms with Crippen molar-refractivity contribution in [2.75, 3.05) is 19.6 Å². The molecule has 0 amide bonds. The van der Waals surface area contributed by atoms with Crippen molar-refractivity contribution in [3.8, 4) is 0 Å². The number of aryl methyl sites for hydroxylation is 1. The molecule has 0 radical (unpaired) electrons. The van der Waals surface area contributed by atoms with Gasteiger partial charge in [-0.15, -0.1) is 12.4 Å². The van der Waals surface area contributed by atoms with Gasteiger partial charge >= 0.3 is 5.63 Å². The molecular formula is C16H21ClN2O2. The molecule has 2 aromatic rings. The zero-order valence-corrected chi connectivity index (χ0v) is 13.0. The van der Waals surface area contributed by atoms with Gasteiger partial charge in [0.15, 0.2) is 0 Å². The molecule has 1 aliphatic rings. The summed E-state index contributed by atoms with van der Waals surface area (Å²) in [5.74, 6) is 0.587. The number of nitrogens with zero attached hydrogens (tertiary/aromatic N) is 1. The van der Waals surface area contributed by atoms with Crippen LogP contribution < -0.4 is 11.4 Å². The van der Waals surface area contributed by atoms with Gasteiger partial charge in [0.05, 0.1) is 0 Å². The smallest absolute Gasteiger partial charge is 0.336 e. The Morgan fingerprint density at radius 1 is 1.38 bits per heavy atom. The van der Waals surface area contributed by atoms with E-state index < -0.39 is 0 Å². The van der Waals surface area contributed by atoms with Crippen LogP contribution in [-0.2, 0) is 6.54 Å². The van der Waals surface area contributed by atoms with E-state index in [1.807, 2.05) is 19.1 Å². The highest BCUT2D eigenvalue weighted by molar-refractivity contribution is 5.85. The van der Waals surface area contributed by atoms with Gasteiger partial charge in [-0.1, -0.05) is 12.1 Å². The van der Waals surface area contributed by atoms with Gasteiger partial charge in [0.2, 0.25) is 0 Å². The lowest BCUT2D eigenvalue weighted by Crippen LogP contribution is -2.23. The van der Waals surface area contributed by atoms with E-state index in [1.165, 1.54) is 0 Å². The van der Waals surface area contributed by atoms with Crippen molar-refractivity contribution in [2.24, 2.45) is 11.7 Å². The highest BCUT2D eigenvalue weighted by atomic mass is 35.5. The maximum Gasteiger partial charge on any atom is 0.336 e. The van der Waals surface area contributed by atoms with E-state index in [9.17, 15) is 4.79 Å². The van der Waals surface area contributed by atoms with Crippen LogP contribution in [0.2, 0.25) is 0 Å². The molecule has 1 saturated heterocycles. The van der Waals surface area contributed by atoms with E-state index in [0.717, 1.165) is 49.1 Å². The Morgan fingerprint density at radius 3 is 2.90 bits per heavy atom. The van der Waals surface area contributed by atoms with Crippen molar-refractivity contribution in [1.82, 2.24) is 4.90 Å². The van der Waals surface area contributed by atoms with Gasteiger partial charge in [-0.3, -0.25) is 4.90 Å². The van der Waals surface area contributed by atoms with Gasteiger partial charge in [0.1, 0.15) is 5.58 Å². The lowest BCUT2D eigenvalue weighted by molar-refractivity contribution is 0.318. The van der Waals surface area contributed by atoms with Gasteiger partial charge in [0, 0.05) is 24.5 Å². The van der Waals surface area contributed by atoms with Gasteiger partial charge in [-0.25, -0.2) is 4.79 Å². The molecule has 0 spiro atoms. The summed E-state index contributed by atoms with van der Waals surface area (Å²) in [6.07, 6.45) is 1.15. The lowest BCUT2D eigenvalue weighted by Gasteiger charge is -2.16. The second kappa shape index (κ2) is 6.60. The number of benzene rings is 1. The molecule has 0 aliphatic carbocycles. The molecular weight excluding hydrogens is 288 g/mol. The average Bonchev–Trinajstić information content (AvgIpc) is 2.85. The summed E-state index contributed by atoms with van der Waals surface area (Å²) < 4.78 is 5.30. The minimum absolute atomic E-state index is 0. The molecule has 114 valence electrons. The number of hydrogen-bond donors (Lipinski definition) is 1. The van der Waals surface area contributed by atoms with Crippen LogP contribution in [-0.4, -0.2) is 24.5 Å². The third kappa shape index (κ3) is 3.46. The van der Waals surface area contributed by atoms with Gasteiger partial charge in [0.25, 0.3) is 0 Å². The van der Waals surface area contributed by atoms with Crippen molar-refractivity contribution in [3.63, 3.8) is 0 Å². The van der Waals surface area contributed by atoms with Gasteiger partial charge in [-0.05, 0) is 49.5 Å². The molecule has 5 heteroatoms. The summed E-state index contributed by atoms with van der Waals surface area (Å²) in [5, 5.41) is 1.03. The number of fused-ring (bicyclic) bond motifs is 1. The molecule has 1 aromatic heterocycles. The Balaban J connectivity index is 0.00000161. The predicted molar refractivity (Wildman–Crippen MR) is 86.9 cm³/mol. The monoisotopic (exact) mass is 308 g/mol. The summed E-state index contributed by atoms with van der Waals surface area (Å²) in [4.78, 5) is 14.1. The Morgan fingerprint density at radius 2 is 2.19 bits per heavy atom. The van der Waals surface area contributed by atoms with Crippen LogP contribution in [0.25, 0.3) is 11.0 Å². The highest BCUT2D eigenvalue weighted by Gasteiger charge is 2.22. The third-order valence-electron chi connectivity index (χ3n) is 4.08. The zero-order chi connectivity index (χ0) is 14.1. The maximum absolute atomic E-state index is 11.7. The number of likely N-dealkylation sites (tertiary alicyclic amines) is 1. The van der Waals surface area contributed by atoms with Crippen LogP contribution in [0.3, 0.4) is 0 Å². The lowest BCUT2D eigenvalue weighted by atomic mass is 10.1. The van der Waals surface area contributed by atoms with Crippen LogP contribution in [0.4, 0.5) is 0 Å². The molecule has 3 rings (SSSR count). The minimum atomic E-state index is -0.271. The highest BCUT2D eigenvalue weighted by Crippen LogP contribution is 2.23. The SMILES string of the molecule is Cc1ccc2c(CN3CCC(CN)C3)cc(=O)oc2c1.Cl. The molecule has 0 saturated carbocycles. The molecule has 1 atom stereocenters. The summed E-state index contributed by atoms with van der Waals surface area (Å²) in [7, 11) is 0. The summed E-state index contributed by atoms with van der Waals surface area (Å²) in [6.45, 7) is 5.60. The number of nitrogens with two attached hydrogens (primary N) is 1. The Hall–Kier alpha value is -1.36. The molecule has 21 heavy (non-hydrogen) atoms. The van der Waals surface area contributed by atoms with Crippen molar-refractivity contribution >= 4 is 23.4 Å². The topological polar surface area (TPSA) is 59.5 Å². The third-order valence-corrected chi connectivity index (χ3v) is 4.08. The molecule has 4 nitrogen and oxygen atoms in total. The first-order valence-electron chi connectivity index (χ1n) is 7.11. The molecule has 2 heterocycles. The Kier molecular flexibility index (Phi) is 5.04. The van der Waals surface area contributed by atoms with Crippen LogP contribution in [0, 0.1) is 12.8 Å². The molecule has 1 aliphatic heterocycles. The molecule has 1 unspecified atom stereocenters. The minimum Gasteiger partial charge on any atom is -0.423 e. The Bertz CT molecular complexity index is 684. The first kappa shape index (κ1) is 16.0. The van der Waals surface area contributed by atoms with Crippen molar-refractivity contribution < 1.29 is 4.42 Å². The van der Waals surface area contributed by atoms with Crippen LogP contribution >= 0.6 is 12.4 Å².